The van der Waals surface area contributed by atoms with Gasteiger partial charge in [0.25, 0.3) is 0 Å². The number of hydrogen-bond acceptors (Lipinski definition) is 5. The van der Waals surface area contributed by atoms with Gasteiger partial charge in [-0.05, 0) is 38.1 Å². The van der Waals surface area contributed by atoms with Gasteiger partial charge in [-0.15, -0.1) is 0 Å². The molecule has 1 N–H and O–H groups in total. The molecule has 0 aliphatic heterocycles. The summed E-state index contributed by atoms with van der Waals surface area (Å²) in [6, 6.07) is 8.20. The predicted octanol–water partition coefficient (Wildman–Crippen LogP) is 1.76. The van der Waals surface area contributed by atoms with Crippen molar-refractivity contribution in [2.75, 3.05) is 23.7 Å². The van der Waals surface area contributed by atoms with Crippen LogP contribution in [0, 0.1) is 11.3 Å². The van der Waals surface area contributed by atoms with Crippen LogP contribution in [0.1, 0.15) is 13.8 Å². The van der Waals surface area contributed by atoms with Gasteiger partial charge in [0.15, 0.2) is 6.61 Å². The SMILES string of the molecule is CC(C)OCCS(=O)(=O)Nc1ccc(OCC#N)cc1. The lowest BCUT2D eigenvalue weighted by molar-refractivity contribution is 0.0913. The summed E-state index contributed by atoms with van der Waals surface area (Å²) in [6.45, 7) is 3.80. The van der Waals surface area contributed by atoms with E-state index in [4.69, 9.17) is 14.7 Å². The molecule has 20 heavy (non-hydrogen) atoms. The van der Waals surface area contributed by atoms with Gasteiger partial charge in [0.05, 0.1) is 18.5 Å². The fourth-order valence-electron chi connectivity index (χ4n) is 1.36. The molecular formula is C13H18N2O4S. The van der Waals surface area contributed by atoms with E-state index in [9.17, 15) is 8.42 Å². The maximum absolute atomic E-state index is 11.8. The first-order valence-corrected chi connectivity index (χ1v) is 7.80. The van der Waals surface area contributed by atoms with Crippen LogP contribution in [0.4, 0.5) is 5.69 Å². The molecule has 0 aromatic heterocycles. The summed E-state index contributed by atoms with van der Waals surface area (Å²) in [5.74, 6) is 0.412. The minimum Gasteiger partial charge on any atom is -0.479 e. The number of nitrogens with one attached hydrogen (secondary N) is 1. The Kier molecular flexibility index (Phi) is 6.28. The summed E-state index contributed by atoms with van der Waals surface area (Å²) < 4.78 is 36.3. The summed E-state index contributed by atoms with van der Waals surface area (Å²) in [7, 11) is -3.43. The van der Waals surface area contributed by atoms with E-state index in [0.29, 0.717) is 11.4 Å². The molecule has 1 rings (SSSR count). The first-order valence-electron chi connectivity index (χ1n) is 6.15. The van der Waals surface area contributed by atoms with E-state index < -0.39 is 10.0 Å². The van der Waals surface area contributed by atoms with E-state index in [0.717, 1.165) is 0 Å². The second-order valence-corrected chi connectivity index (χ2v) is 6.15. The van der Waals surface area contributed by atoms with Crippen molar-refractivity contribution < 1.29 is 17.9 Å². The Morgan fingerprint density at radius 2 is 1.95 bits per heavy atom. The summed E-state index contributed by atoms with van der Waals surface area (Å²) in [5, 5.41) is 8.38. The lowest BCUT2D eigenvalue weighted by Gasteiger charge is -2.10. The number of anilines is 1. The molecule has 0 radical (unpaired) electrons. The minimum atomic E-state index is -3.43. The van der Waals surface area contributed by atoms with Crippen molar-refractivity contribution in [2.45, 2.75) is 20.0 Å². The van der Waals surface area contributed by atoms with Crippen LogP contribution in [0.2, 0.25) is 0 Å². The fourth-order valence-corrected chi connectivity index (χ4v) is 2.27. The van der Waals surface area contributed by atoms with Gasteiger partial charge in [-0.1, -0.05) is 0 Å². The fraction of sp³-hybridized carbons (Fsp3) is 0.462. The Labute approximate surface area is 119 Å². The van der Waals surface area contributed by atoms with Crippen molar-refractivity contribution in [3.8, 4) is 11.8 Å². The first kappa shape index (κ1) is 16.3. The second-order valence-electron chi connectivity index (χ2n) is 4.31. The number of benzene rings is 1. The highest BCUT2D eigenvalue weighted by Crippen LogP contribution is 2.16. The van der Waals surface area contributed by atoms with Crippen LogP contribution in [-0.4, -0.2) is 33.5 Å². The minimum absolute atomic E-state index is 0.00164. The van der Waals surface area contributed by atoms with Crippen LogP contribution < -0.4 is 9.46 Å². The normalized spacial score (nSPS) is 11.1. The van der Waals surface area contributed by atoms with Crippen LogP contribution >= 0.6 is 0 Å². The summed E-state index contributed by atoms with van der Waals surface area (Å²) in [5.41, 5.74) is 0.443. The molecule has 0 atom stereocenters. The lowest BCUT2D eigenvalue weighted by Crippen LogP contribution is -2.21. The molecule has 0 spiro atoms. The van der Waals surface area contributed by atoms with E-state index in [-0.39, 0.29) is 25.1 Å². The van der Waals surface area contributed by atoms with Gasteiger partial charge >= 0.3 is 0 Å². The molecular weight excluding hydrogens is 280 g/mol. The standard InChI is InChI=1S/C13H18N2O4S/c1-11(2)18-9-10-20(16,17)15-12-3-5-13(6-4-12)19-8-7-14/h3-6,11,15H,8-10H2,1-2H3. The molecule has 0 saturated carbocycles. The zero-order valence-corrected chi connectivity index (χ0v) is 12.3. The van der Waals surface area contributed by atoms with Crippen LogP contribution in [0.3, 0.4) is 0 Å². The van der Waals surface area contributed by atoms with E-state index in [1.165, 1.54) is 0 Å². The van der Waals surface area contributed by atoms with Crippen molar-refractivity contribution >= 4 is 15.7 Å². The lowest BCUT2D eigenvalue weighted by atomic mass is 10.3. The maximum Gasteiger partial charge on any atom is 0.234 e. The Morgan fingerprint density at radius 1 is 1.30 bits per heavy atom. The summed E-state index contributed by atoms with van der Waals surface area (Å²) in [6.07, 6.45) is 0.00164. The highest BCUT2D eigenvalue weighted by Gasteiger charge is 2.10. The first-order chi connectivity index (χ1) is 9.43. The number of sulfonamides is 1. The number of nitriles is 1. The molecule has 0 aliphatic rings. The van der Waals surface area contributed by atoms with Gasteiger partial charge in [0, 0.05) is 5.69 Å². The summed E-state index contributed by atoms with van der Waals surface area (Å²) in [4.78, 5) is 0. The summed E-state index contributed by atoms with van der Waals surface area (Å²) >= 11 is 0. The molecule has 0 fully saturated rings. The molecule has 0 bridgehead atoms. The molecule has 0 aliphatic carbocycles. The van der Waals surface area contributed by atoms with E-state index in [2.05, 4.69) is 4.72 Å². The molecule has 1 aromatic carbocycles. The van der Waals surface area contributed by atoms with Gasteiger partial charge in [-0.2, -0.15) is 5.26 Å². The second kappa shape index (κ2) is 7.72. The largest absolute Gasteiger partial charge is 0.479 e. The third kappa shape index (κ3) is 6.41. The zero-order valence-electron chi connectivity index (χ0n) is 11.5. The zero-order chi connectivity index (χ0) is 15.0. The van der Waals surface area contributed by atoms with Gasteiger partial charge in [0.1, 0.15) is 11.8 Å². The van der Waals surface area contributed by atoms with Crippen molar-refractivity contribution in [3.63, 3.8) is 0 Å². The number of hydrogen-bond donors (Lipinski definition) is 1. The molecule has 1 aromatic rings. The molecule has 0 saturated heterocycles. The van der Waals surface area contributed by atoms with E-state index in [1.54, 1.807) is 24.3 Å². The van der Waals surface area contributed by atoms with Crippen molar-refractivity contribution in [2.24, 2.45) is 0 Å². The van der Waals surface area contributed by atoms with Crippen LogP contribution in [0.15, 0.2) is 24.3 Å². The number of nitrogens with zero attached hydrogens (tertiary/aromatic N) is 1. The molecule has 110 valence electrons. The van der Waals surface area contributed by atoms with Gasteiger partial charge in [0.2, 0.25) is 10.0 Å². The Bertz CT molecular complexity index is 547. The average molecular weight is 298 g/mol. The van der Waals surface area contributed by atoms with E-state index >= 15 is 0 Å². The molecule has 7 heteroatoms. The van der Waals surface area contributed by atoms with E-state index in [1.807, 2.05) is 19.9 Å². The Hall–Kier alpha value is -1.78. The van der Waals surface area contributed by atoms with Gasteiger partial charge < -0.3 is 9.47 Å². The Balaban J connectivity index is 2.52. The van der Waals surface area contributed by atoms with Crippen molar-refractivity contribution in [1.29, 1.82) is 5.26 Å². The predicted molar refractivity (Wildman–Crippen MR) is 76.0 cm³/mol. The highest BCUT2D eigenvalue weighted by molar-refractivity contribution is 7.92. The van der Waals surface area contributed by atoms with Gasteiger partial charge in [-0.3, -0.25) is 4.72 Å². The van der Waals surface area contributed by atoms with Crippen LogP contribution in [0.25, 0.3) is 0 Å². The Morgan fingerprint density at radius 3 is 2.50 bits per heavy atom. The molecule has 6 nitrogen and oxygen atoms in total. The van der Waals surface area contributed by atoms with Crippen molar-refractivity contribution in [1.82, 2.24) is 0 Å². The third-order valence-electron chi connectivity index (χ3n) is 2.23. The molecule has 0 unspecified atom stereocenters. The average Bonchev–Trinajstić information content (AvgIpc) is 2.37. The highest BCUT2D eigenvalue weighted by atomic mass is 32.2. The van der Waals surface area contributed by atoms with Gasteiger partial charge in [-0.25, -0.2) is 8.42 Å². The molecule has 0 heterocycles. The van der Waals surface area contributed by atoms with Crippen molar-refractivity contribution in [3.05, 3.63) is 24.3 Å². The smallest absolute Gasteiger partial charge is 0.234 e. The quantitative estimate of drug-likeness (QED) is 0.790. The number of ether oxygens (including phenoxy) is 2. The van der Waals surface area contributed by atoms with Crippen LogP contribution in [-0.2, 0) is 14.8 Å². The monoisotopic (exact) mass is 298 g/mol. The third-order valence-corrected chi connectivity index (χ3v) is 3.49. The van der Waals surface area contributed by atoms with Crippen LogP contribution in [0.5, 0.6) is 5.75 Å². The number of rotatable bonds is 8. The molecule has 0 amide bonds. The topological polar surface area (TPSA) is 88.4 Å². The maximum atomic E-state index is 11.8.